The van der Waals surface area contributed by atoms with Crippen molar-refractivity contribution in [3.8, 4) is 5.75 Å². The summed E-state index contributed by atoms with van der Waals surface area (Å²) in [6.45, 7) is 0.221. The summed E-state index contributed by atoms with van der Waals surface area (Å²) in [5.41, 5.74) is 5.25. The zero-order valence-corrected chi connectivity index (χ0v) is 7.86. The molecule has 0 bridgehead atoms. The first-order valence-corrected chi connectivity index (χ1v) is 4.14. The fourth-order valence-electron chi connectivity index (χ4n) is 0.711. The summed E-state index contributed by atoms with van der Waals surface area (Å²) < 4.78 is 5.20. The first kappa shape index (κ1) is 9.29. The Morgan fingerprint density at radius 1 is 1.50 bits per heavy atom. The summed E-state index contributed by atoms with van der Waals surface area (Å²) in [6, 6.07) is 7.17. The highest BCUT2D eigenvalue weighted by atomic mass is 35.5. The van der Waals surface area contributed by atoms with Crippen molar-refractivity contribution in [2.75, 3.05) is 6.61 Å². The van der Waals surface area contributed by atoms with Crippen molar-refractivity contribution in [2.24, 2.45) is 5.73 Å². The minimum absolute atomic E-state index is 0.221. The highest BCUT2D eigenvalue weighted by molar-refractivity contribution is 7.80. The van der Waals surface area contributed by atoms with Gasteiger partial charge < -0.3 is 10.5 Å². The lowest BCUT2D eigenvalue weighted by atomic mass is 10.3. The standard InChI is InChI=1S/C8H8ClNOS/c9-6-3-1-2-4-7(6)11-5-8(10)12/h1-4H,5H2,(H2,10,12). The van der Waals surface area contributed by atoms with E-state index in [-0.39, 0.29) is 6.61 Å². The second-order valence-corrected chi connectivity index (χ2v) is 3.12. The third-order valence-corrected chi connectivity index (χ3v) is 1.64. The molecule has 64 valence electrons. The number of para-hydroxylation sites is 1. The molecular formula is C8H8ClNOS. The summed E-state index contributed by atoms with van der Waals surface area (Å²) in [5.74, 6) is 0.604. The predicted octanol–water partition coefficient (Wildman–Crippen LogP) is 2.00. The highest BCUT2D eigenvalue weighted by Crippen LogP contribution is 2.22. The van der Waals surface area contributed by atoms with Gasteiger partial charge in [-0.25, -0.2) is 0 Å². The molecule has 0 aliphatic carbocycles. The van der Waals surface area contributed by atoms with Gasteiger partial charge in [0.1, 0.15) is 17.3 Å². The van der Waals surface area contributed by atoms with E-state index < -0.39 is 0 Å². The second-order valence-electron chi connectivity index (χ2n) is 2.19. The molecule has 0 saturated carbocycles. The van der Waals surface area contributed by atoms with Crippen molar-refractivity contribution < 1.29 is 4.74 Å². The van der Waals surface area contributed by atoms with Crippen molar-refractivity contribution in [1.82, 2.24) is 0 Å². The fraction of sp³-hybridized carbons (Fsp3) is 0.125. The van der Waals surface area contributed by atoms with E-state index in [9.17, 15) is 0 Å². The van der Waals surface area contributed by atoms with E-state index in [0.29, 0.717) is 15.8 Å². The Kier molecular flexibility index (Phi) is 3.31. The molecule has 0 atom stereocenters. The monoisotopic (exact) mass is 201 g/mol. The average Bonchev–Trinajstić information content (AvgIpc) is 2.03. The molecule has 0 radical (unpaired) electrons. The number of ether oxygens (including phenoxy) is 1. The first-order chi connectivity index (χ1) is 5.70. The summed E-state index contributed by atoms with van der Waals surface area (Å²) in [6.07, 6.45) is 0. The molecule has 0 amide bonds. The maximum Gasteiger partial charge on any atom is 0.138 e. The van der Waals surface area contributed by atoms with Crippen LogP contribution in [0.1, 0.15) is 0 Å². The molecule has 12 heavy (non-hydrogen) atoms. The lowest BCUT2D eigenvalue weighted by molar-refractivity contribution is 0.378. The van der Waals surface area contributed by atoms with Crippen LogP contribution in [0.15, 0.2) is 24.3 Å². The van der Waals surface area contributed by atoms with Gasteiger partial charge in [-0.15, -0.1) is 0 Å². The second kappa shape index (κ2) is 4.28. The molecule has 0 aliphatic rings. The summed E-state index contributed by atoms with van der Waals surface area (Å²) in [4.78, 5) is 0.315. The molecule has 1 rings (SSSR count). The molecule has 0 spiro atoms. The van der Waals surface area contributed by atoms with Crippen molar-refractivity contribution >= 4 is 28.8 Å². The topological polar surface area (TPSA) is 35.2 Å². The molecule has 2 nitrogen and oxygen atoms in total. The molecule has 0 aliphatic heterocycles. The molecule has 0 unspecified atom stereocenters. The van der Waals surface area contributed by atoms with Gasteiger partial charge in [-0.05, 0) is 12.1 Å². The third kappa shape index (κ3) is 2.68. The lowest BCUT2D eigenvalue weighted by Crippen LogP contribution is -2.17. The quantitative estimate of drug-likeness (QED) is 0.760. The number of nitrogens with two attached hydrogens (primary N) is 1. The van der Waals surface area contributed by atoms with Crippen LogP contribution in [0.4, 0.5) is 0 Å². The van der Waals surface area contributed by atoms with E-state index >= 15 is 0 Å². The number of benzene rings is 1. The van der Waals surface area contributed by atoms with Gasteiger partial charge in [-0.2, -0.15) is 0 Å². The maximum atomic E-state index is 5.80. The van der Waals surface area contributed by atoms with Gasteiger partial charge in [0.25, 0.3) is 0 Å². The van der Waals surface area contributed by atoms with Crippen molar-refractivity contribution in [3.63, 3.8) is 0 Å². The van der Waals surface area contributed by atoms with E-state index in [1.165, 1.54) is 0 Å². The van der Waals surface area contributed by atoms with Crippen LogP contribution in [-0.4, -0.2) is 11.6 Å². The molecule has 0 fully saturated rings. The summed E-state index contributed by atoms with van der Waals surface area (Å²) >= 11 is 10.4. The van der Waals surface area contributed by atoms with E-state index in [2.05, 4.69) is 12.2 Å². The summed E-state index contributed by atoms with van der Waals surface area (Å²) in [7, 11) is 0. The van der Waals surface area contributed by atoms with Crippen molar-refractivity contribution in [2.45, 2.75) is 0 Å². The molecule has 0 aromatic heterocycles. The first-order valence-electron chi connectivity index (χ1n) is 3.36. The Bertz CT molecular complexity index is 290. The van der Waals surface area contributed by atoms with Gasteiger partial charge in [-0.3, -0.25) is 0 Å². The van der Waals surface area contributed by atoms with E-state index in [1.54, 1.807) is 12.1 Å². The lowest BCUT2D eigenvalue weighted by Gasteiger charge is -2.05. The van der Waals surface area contributed by atoms with Crippen LogP contribution in [0.25, 0.3) is 0 Å². The van der Waals surface area contributed by atoms with Crippen LogP contribution in [0.2, 0.25) is 5.02 Å². The minimum Gasteiger partial charge on any atom is -0.485 e. The van der Waals surface area contributed by atoms with Crippen LogP contribution in [0.5, 0.6) is 5.75 Å². The highest BCUT2D eigenvalue weighted by Gasteiger charge is 1.98. The van der Waals surface area contributed by atoms with Gasteiger partial charge in [0.05, 0.1) is 5.02 Å². The molecule has 2 N–H and O–H groups in total. The Balaban J connectivity index is 2.63. The largest absolute Gasteiger partial charge is 0.485 e. The van der Waals surface area contributed by atoms with Gasteiger partial charge in [-0.1, -0.05) is 36.0 Å². The van der Waals surface area contributed by atoms with Gasteiger partial charge in [0.2, 0.25) is 0 Å². The molecule has 4 heteroatoms. The van der Waals surface area contributed by atoms with E-state index in [4.69, 9.17) is 22.1 Å². The predicted molar refractivity (Wildman–Crippen MR) is 53.7 cm³/mol. The average molecular weight is 202 g/mol. The smallest absolute Gasteiger partial charge is 0.138 e. The van der Waals surface area contributed by atoms with E-state index in [0.717, 1.165) is 0 Å². The maximum absolute atomic E-state index is 5.80. The van der Waals surface area contributed by atoms with Crippen LogP contribution in [0, 0.1) is 0 Å². The third-order valence-electron chi connectivity index (χ3n) is 1.21. The Morgan fingerprint density at radius 3 is 2.75 bits per heavy atom. The number of hydrogen-bond donors (Lipinski definition) is 1. The molecule has 0 heterocycles. The van der Waals surface area contributed by atoms with Gasteiger partial charge in [0.15, 0.2) is 0 Å². The zero-order valence-electron chi connectivity index (χ0n) is 6.29. The number of rotatable bonds is 3. The Labute approximate surface area is 81.3 Å². The van der Waals surface area contributed by atoms with Crippen molar-refractivity contribution in [1.29, 1.82) is 0 Å². The Hall–Kier alpha value is -0.800. The molecule has 1 aromatic rings. The Morgan fingerprint density at radius 2 is 2.17 bits per heavy atom. The fourth-order valence-corrected chi connectivity index (χ4v) is 0.960. The molecular weight excluding hydrogens is 194 g/mol. The van der Waals surface area contributed by atoms with Crippen LogP contribution >= 0.6 is 23.8 Å². The van der Waals surface area contributed by atoms with Crippen LogP contribution in [-0.2, 0) is 0 Å². The number of halogens is 1. The minimum atomic E-state index is 0.221. The molecule has 1 aromatic carbocycles. The summed E-state index contributed by atoms with van der Waals surface area (Å²) in [5, 5.41) is 0.564. The molecule has 0 saturated heterocycles. The van der Waals surface area contributed by atoms with Crippen molar-refractivity contribution in [3.05, 3.63) is 29.3 Å². The normalized spacial score (nSPS) is 9.42. The van der Waals surface area contributed by atoms with Gasteiger partial charge in [0, 0.05) is 0 Å². The zero-order chi connectivity index (χ0) is 8.97. The number of hydrogen-bond acceptors (Lipinski definition) is 2. The van der Waals surface area contributed by atoms with E-state index in [1.807, 2.05) is 12.1 Å². The van der Waals surface area contributed by atoms with Crippen LogP contribution in [0.3, 0.4) is 0 Å². The van der Waals surface area contributed by atoms with Crippen LogP contribution < -0.4 is 10.5 Å². The number of thiocarbonyl (C=S) groups is 1. The van der Waals surface area contributed by atoms with Gasteiger partial charge >= 0.3 is 0 Å². The SMILES string of the molecule is NC(=S)COc1ccccc1Cl.